The van der Waals surface area contributed by atoms with E-state index in [2.05, 4.69) is 167 Å². The molecule has 10 rings (SSSR count). The van der Waals surface area contributed by atoms with Crippen LogP contribution in [0.4, 0.5) is 0 Å². The van der Waals surface area contributed by atoms with Gasteiger partial charge in [0, 0.05) is 52.4 Å². The number of pyridine rings is 2. The zero-order valence-corrected chi connectivity index (χ0v) is 29.4. The molecule has 10 aromatic rings. The number of fused-ring (bicyclic) bond motifs is 5. The van der Waals surface area contributed by atoms with Gasteiger partial charge in [-0.05, 0) is 103 Å². The quantitative estimate of drug-likeness (QED) is 0.175. The van der Waals surface area contributed by atoms with Crippen molar-refractivity contribution in [1.82, 2.24) is 14.5 Å². The van der Waals surface area contributed by atoms with Crippen LogP contribution in [0.15, 0.2) is 183 Å². The topological polar surface area (TPSA) is 30.7 Å². The lowest BCUT2D eigenvalue weighted by Crippen LogP contribution is -1.95. The van der Waals surface area contributed by atoms with Gasteiger partial charge in [-0.3, -0.25) is 9.97 Å². The molecule has 0 saturated carbocycles. The molecule has 0 radical (unpaired) electrons. The zero-order chi connectivity index (χ0) is 35.3. The summed E-state index contributed by atoms with van der Waals surface area (Å²) in [6, 6.07) is 57.5. The van der Waals surface area contributed by atoms with E-state index in [1.165, 1.54) is 82.3 Å². The van der Waals surface area contributed by atoms with Crippen molar-refractivity contribution < 1.29 is 0 Å². The van der Waals surface area contributed by atoms with Crippen LogP contribution in [-0.2, 0) is 6.42 Å². The van der Waals surface area contributed by atoms with Gasteiger partial charge in [-0.25, -0.2) is 0 Å². The molecule has 0 spiro atoms. The number of rotatable bonds is 6. The lowest BCUT2D eigenvalue weighted by Gasteiger charge is -2.15. The summed E-state index contributed by atoms with van der Waals surface area (Å²) >= 11 is 0. The van der Waals surface area contributed by atoms with Crippen LogP contribution < -0.4 is 0 Å². The van der Waals surface area contributed by atoms with E-state index in [4.69, 9.17) is 0 Å². The van der Waals surface area contributed by atoms with Crippen LogP contribution in [0.2, 0.25) is 0 Å². The normalized spacial score (nSPS) is 11.6. The van der Waals surface area contributed by atoms with Gasteiger partial charge in [0.15, 0.2) is 0 Å². The molecule has 0 N–H and O–H groups in total. The first-order valence-corrected chi connectivity index (χ1v) is 18.3. The predicted molar refractivity (Wildman–Crippen MR) is 223 cm³/mol. The maximum atomic E-state index is 4.42. The Morgan fingerprint density at radius 1 is 0.415 bits per heavy atom. The molecule has 0 fully saturated rings. The Balaban J connectivity index is 1.22. The Labute approximate surface area is 308 Å². The maximum Gasteiger partial charge on any atom is 0.0550 e. The monoisotopic (exact) mass is 677 g/mol. The Bertz CT molecular complexity index is 2960. The van der Waals surface area contributed by atoms with Gasteiger partial charge >= 0.3 is 0 Å². The van der Waals surface area contributed by atoms with Crippen molar-refractivity contribution in [2.75, 3.05) is 0 Å². The third-order valence-corrected chi connectivity index (χ3v) is 10.8. The first-order chi connectivity index (χ1) is 26.3. The fraction of sp³-hybridized carbons (Fsp3) is 0.0400. The summed E-state index contributed by atoms with van der Waals surface area (Å²) in [6.45, 7) is 2.28. The second-order valence-corrected chi connectivity index (χ2v) is 13.7. The van der Waals surface area contributed by atoms with Gasteiger partial charge in [0.1, 0.15) is 0 Å². The zero-order valence-electron chi connectivity index (χ0n) is 29.4. The summed E-state index contributed by atoms with van der Waals surface area (Å²) in [4.78, 5) is 8.82. The van der Waals surface area contributed by atoms with E-state index < -0.39 is 0 Å². The minimum atomic E-state index is 0.923. The number of nitrogens with zero attached hydrogens (tertiary/aromatic N) is 3. The third-order valence-electron chi connectivity index (χ3n) is 10.8. The van der Waals surface area contributed by atoms with Crippen LogP contribution in [0.3, 0.4) is 0 Å². The number of aromatic nitrogens is 3. The molecular weight excluding hydrogens is 643 g/mol. The van der Waals surface area contributed by atoms with Crippen LogP contribution in [0.5, 0.6) is 0 Å². The van der Waals surface area contributed by atoms with Gasteiger partial charge < -0.3 is 4.57 Å². The Hall–Kier alpha value is -6.84. The first kappa shape index (κ1) is 30.9. The highest BCUT2D eigenvalue weighted by atomic mass is 15.0. The third kappa shape index (κ3) is 5.12. The summed E-state index contributed by atoms with van der Waals surface area (Å²) in [5, 5.41) is 7.50. The van der Waals surface area contributed by atoms with Crippen molar-refractivity contribution >= 4 is 43.4 Å². The van der Waals surface area contributed by atoms with Gasteiger partial charge in [-0.2, -0.15) is 0 Å². The average molecular weight is 678 g/mol. The minimum Gasteiger partial charge on any atom is -0.309 e. The molecule has 3 heterocycles. The molecule has 3 aromatic heterocycles. The van der Waals surface area contributed by atoms with E-state index in [0.29, 0.717) is 0 Å². The van der Waals surface area contributed by atoms with Crippen molar-refractivity contribution in [3.63, 3.8) is 0 Å². The molecule has 0 saturated heterocycles. The van der Waals surface area contributed by atoms with E-state index in [1.54, 1.807) is 0 Å². The molecule has 250 valence electrons. The Morgan fingerprint density at radius 3 is 1.45 bits per heavy atom. The number of benzene rings is 7. The van der Waals surface area contributed by atoms with E-state index in [1.807, 2.05) is 36.9 Å². The van der Waals surface area contributed by atoms with Crippen molar-refractivity contribution in [1.29, 1.82) is 0 Å². The second kappa shape index (κ2) is 12.7. The second-order valence-electron chi connectivity index (χ2n) is 13.7. The Kier molecular flexibility index (Phi) is 7.43. The summed E-state index contributed by atoms with van der Waals surface area (Å²) < 4.78 is 2.47. The van der Waals surface area contributed by atoms with Crippen LogP contribution in [0.25, 0.3) is 93.5 Å². The maximum absolute atomic E-state index is 4.42. The van der Waals surface area contributed by atoms with E-state index in [0.717, 1.165) is 23.2 Å². The van der Waals surface area contributed by atoms with Crippen LogP contribution >= 0.6 is 0 Å². The highest BCUT2D eigenvalue weighted by Gasteiger charge is 2.20. The standard InChI is InChI=1S/C50H35N3/c1-2-33-28-37(42-25-24-41(36-13-11-27-52-32-36)45-18-8-9-19-46(42)45)30-49-50(33)47-21-20-34(29-48(47)53(49)38-14-4-3-5-15-38)39-22-23-40(35-12-10-26-51-31-35)44-17-7-6-16-43(39)44/h3-32H,2H2,1H3. The highest BCUT2D eigenvalue weighted by molar-refractivity contribution is 6.15. The number of hydrogen-bond acceptors (Lipinski definition) is 2. The van der Waals surface area contributed by atoms with Gasteiger partial charge in [0.25, 0.3) is 0 Å². The summed E-state index contributed by atoms with van der Waals surface area (Å²) in [6.07, 6.45) is 8.48. The van der Waals surface area contributed by atoms with Crippen LogP contribution in [0.1, 0.15) is 12.5 Å². The fourth-order valence-electron chi connectivity index (χ4n) is 8.34. The smallest absolute Gasteiger partial charge is 0.0550 e. The molecule has 0 aliphatic heterocycles. The summed E-state index contributed by atoms with van der Waals surface area (Å²) in [7, 11) is 0. The molecule has 3 nitrogen and oxygen atoms in total. The average Bonchev–Trinajstić information content (AvgIpc) is 3.57. The van der Waals surface area contributed by atoms with E-state index in [-0.39, 0.29) is 0 Å². The molecule has 53 heavy (non-hydrogen) atoms. The van der Waals surface area contributed by atoms with E-state index >= 15 is 0 Å². The van der Waals surface area contributed by atoms with Gasteiger partial charge in [-0.15, -0.1) is 0 Å². The fourth-order valence-corrected chi connectivity index (χ4v) is 8.34. The largest absolute Gasteiger partial charge is 0.309 e. The molecule has 7 aromatic carbocycles. The van der Waals surface area contributed by atoms with Gasteiger partial charge in [-0.1, -0.05) is 128 Å². The van der Waals surface area contributed by atoms with Crippen molar-refractivity contribution in [2.45, 2.75) is 13.3 Å². The lowest BCUT2D eigenvalue weighted by molar-refractivity contribution is 1.15. The van der Waals surface area contributed by atoms with Crippen LogP contribution in [-0.4, -0.2) is 14.5 Å². The van der Waals surface area contributed by atoms with E-state index in [9.17, 15) is 0 Å². The molecular formula is C50H35N3. The minimum absolute atomic E-state index is 0.923. The molecule has 0 unspecified atom stereocenters. The van der Waals surface area contributed by atoms with Gasteiger partial charge in [0.2, 0.25) is 0 Å². The number of aryl methyl sites for hydroxylation is 1. The first-order valence-electron chi connectivity index (χ1n) is 18.3. The van der Waals surface area contributed by atoms with Crippen molar-refractivity contribution in [3.05, 3.63) is 188 Å². The molecule has 0 amide bonds. The molecule has 0 atom stereocenters. The van der Waals surface area contributed by atoms with Crippen LogP contribution in [0, 0.1) is 0 Å². The molecule has 0 aliphatic rings. The summed E-state index contributed by atoms with van der Waals surface area (Å²) in [5.74, 6) is 0. The van der Waals surface area contributed by atoms with Crippen molar-refractivity contribution in [3.8, 4) is 50.2 Å². The van der Waals surface area contributed by atoms with Crippen molar-refractivity contribution in [2.24, 2.45) is 0 Å². The Morgan fingerprint density at radius 2 is 0.925 bits per heavy atom. The lowest BCUT2D eigenvalue weighted by atomic mass is 9.90. The molecule has 0 bridgehead atoms. The molecule has 3 heteroatoms. The molecule has 0 aliphatic carbocycles. The highest BCUT2D eigenvalue weighted by Crippen LogP contribution is 2.43. The SMILES string of the molecule is CCc1cc(-c2ccc(-c3cccnc3)c3ccccc23)cc2c1c1ccc(-c3ccc(-c4cccnc4)c4ccccc34)cc1n2-c1ccccc1. The predicted octanol–water partition coefficient (Wildman–Crippen LogP) is 13.1. The van der Waals surface area contributed by atoms with Gasteiger partial charge in [0.05, 0.1) is 11.0 Å². The summed E-state index contributed by atoms with van der Waals surface area (Å²) in [5.41, 5.74) is 14.4. The number of hydrogen-bond donors (Lipinski definition) is 0. The number of para-hydroxylation sites is 1.